The van der Waals surface area contributed by atoms with Crippen molar-refractivity contribution in [1.29, 1.82) is 0 Å². The molecule has 2 aromatic rings. The van der Waals surface area contributed by atoms with E-state index in [-0.39, 0.29) is 5.91 Å². The number of hydrogen-bond donors (Lipinski definition) is 0. The molecule has 1 saturated heterocycles. The normalized spacial score (nSPS) is 17.4. The van der Waals surface area contributed by atoms with Crippen molar-refractivity contribution in [2.75, 3.05) is 39.8 Å². The number of carbonyl (C=O) groups is 1. The van der Waals surface area contributed by atoms with E-state index in [1.807, 2.05) is 31.4 Å². The summed E-state index contributed by atoms with van der Waals surface area (Å²) in [6.07, 6.45) is 5.37. The topological polar surface area (TPSA) is 52.8 Å². The average Bonchev–Trinajstić information content (AvgIpc) is 3.15. The highest BCUT2D eigenvalue weighted by Crippen LogP contribution is 2.20. The van der Waals surface area contributed by atoms with Crippen LogP contribution in [-0.2, 0) is 11.3 Å². The lowest BCUT2D eigenvalue weighted by Crippen LogP contribution is -2.50. The zero-order chi connectivity index (χ0) is 17.6. The van der Waals surface area contributed by atoms with Crippen LogP contribution < -0.4 is 0 Å². The van der Waals surface area contributed by atoms with E-state index in [0.29, 0.717) is 19.1 Å². The molecule has 1 amide bonds. The molecule has 6 heteroatoms. The SMILES string of the molecule is CC(c1cccnc1)N1CCN(CC(=O)N(C)Cc2ccco2)CC1. The van der Waals surface area contributed by atoms with Crippen molar-refractivity contribution in [3.05, 3.63) is 54.2 Å². The van der Waals surface area contributed by atoms with E-state index >= 15 is 0 Å². The molecule has 0 spiro atoms. The van der Waals surface area contributed by atoms with Gasteiger partial charge < -0.3 is 9.32 Å². The largest absolute Gasteiger partial charge is 0.467 e. The van der Waals surface area contributed by atoms with E-state index in [0.717, 1.165) is 31.9 Å². The Kier molecular flexibility index (Phi) is 5.83. The molecule has 1 fully saturated rings. The molecule has 0 saturated carbocycles. The maximum Gasteiger partial charge on any atom is 0.236 e. The van der Waals surface area contributed by atoms with Crippen LogP contribution in [0.1, 0.15) is 24.3 Å². The zero-order valence-corrected chi connectivity index (χ0v) is 15.0. The highest BCUT2D eigenvalue weighted by molar-refractivity contribution is 5.77. The second-order valence-corrected chi connectivity index (χ2v) is 6.60. The van der Waals surface area contributed by atoms with Gasteiger partial charge in [-0.15, -0.1) is 0 Å². The summed E-state index contributed by atoms with van der Waals surface area (Å²) < 4.78 is 5.31. The Morgan fingerprint density at radius 3 is 2.72 bits per heavy atom. The first-order valence-electron chi connectivity index (χ1n) is 8.76. The van der Waals surface area contributed by atoms with Crippen LogP contribution in [0.3, 0.4) is 0 Å². The van der Waals surface area contributed by atoms with Gasteiger partial charge in [0.25, 0.3) is 0 Å². The van der Waals surface area contributed by atoms with E-state index in [4.69, 9.17) is 4.42 Å². The summed E-state index contributed by atoms with van der Waals surface area (Å²) in [7, 11) is 1.82. The maximum absolute atomic E-state index is 12.4. The van der Waals surface area contributed by atoms with Crippen molar-refractivity contribution in [2.45, 2.75) is 19.5 Å². The molecule has 0 bridgehead atoms. The predicted octanol–water partition coefficient (Wildman–Crippen LogP) is 2.01. The lowest BCUT2D eigenvalue weighted by atomic mass is 10.1. The second kappa shape index (κ2) is 8.27. The lowest BCUT2D eigenvalue weighted by Gasteiger charge is -2.38. The first kappa shape index (κ1) is 17.6. The molecule has 0 radical (unpaired) electrons. The van der Waals surface area contributed by atoms with Gasteiger partial charge in [0.1, 0.15) is 5.76 Å². The van der Waals surface area contributed by atoms with E-state index in [2.05, 4.69) is 27.8 Å². The Hall–Kier alpha value is -2.18. The van der Waals surface area contributed by atoms with Crippen molar-refractivity contribution in [2.24, 2.45) is 0 Å². The van der Waals surface area contributed by atoms with Gasteiger partial charge in [-0.3, -0.25) is 19.6 Å². The molecule has 25 heavy (non-hydrogen) atoms. The first-order chi connectivity index (χ1) is 12.1. The number of aromatic nitrogens is 1. The van der Waals surface area contributed by atoms with Gasteiger partial charge in [0.2, 0.25) is 5.91 Å². The number of amides is 1. The van der Waals surface area contributed by atoms with Crippen molar-refractivity contribution in [3.63, 3.8) is 0 Å². The molecule has 0 aromatic carbocycles. The fourth-order valence-electron chi connectivity index (χ4n) is 3.18. The smallest absolute Gasteiger partial charge is 0.236 e. The summed E-state index contributed by atoms with van der Waals surface area (Å²) in [5.74, 6) is 0.941. The number of likely N-dealkylation sites (N-methyl/N-ethyl adjacent to an activating group) is 1. The quantitative estimate of drug-likeness (QED) is 0.804. The van der Waals surface area contributed by atoms with Gasteiger partial charge in [0.15, 0.2) is 0 Å². The van der Waals surface area contributed by atoms with Crippen molar-refractivity contribution in [3.8, 4) is 0 Å². The van der Waals surface area contributed by atoms with Gasteiger partial charge >= 0.3 is 0 Å². The van der Waals surface area contributed by atoms with Gasteiger partial charge in [0.05, 0.1) is 19.4 Å². The fourth-order valence-corrected chi connectivity index (χ4v) is 3.18. The number of pyridine rings is 1. The van der Waals surface area contributed by atoms with Gasteiger partial charge in [-0.25, -0.2) is 0 Å². The summed E-state index contributed by atoms with van der Waals surface area (Å²) >= 11 is 0. The number of piperazine rings is 1. The molecule has 134 valence electrons. The van der Waals surface area contributed by atoms with Crippen LogP contribution >= 0.6 is 0 Å². The number of hydrogen-bond acceptors (Lipinski definition) is 5. The number of nitrogens with zero attached hydrogens (tertiary/aromatic N) is 4. The molecule has 1 aliphatic heterocycles. The molecule has 3 heterocycles. The molecule has 1 unspecified atom stereocenters. The maximum atomic E-state index is 12.4. The summed E-state index contributed by atoms with van der Waals surface area (Å²) in [5, 5.41) is 0. The van der Waals surface area contributed by atoms with E-state index in [1.165, 1.54) is 5.56 Å². The lowest BCUT2D eigenvalue weighted by molar-refractivity contribution is -0.132. The monoisotopic (exact) mass is 342 g/mol. The highest BCUT2D eigenvalue weighted by Gasteiger charge is 2.24. The van der Waals surface area contributed by atoms with Crippen LogP contribution in [0, 0.1) is 0 Å². The standard InChI is InChI=1S/C19H26N4O2/c1-16(17-5-3-7-20-13-17)23-10-8-22(9-11-23)15-19(24)21(2)14-18-6-4-12-25-18/h3-7,12-13,16H,8-11,14-15H2,1-2H3. The van der Waals surface area contributed by atoms with E-state index in [1.54, 1.807) is 17.4 Å². The minimum atomic E-state index is 0.130. The highest BCUT2D eigenvalue weighted by atomic mass is 16.3. The van der Waals surface area contributed by atoms with Crippen molar-refractivity contribution in [1.82, 2.24) is 19.7 Å². The van der Waals surface area contributed by atoms with Gasteiger partial charge in [0, 0.05) is 51.7 Å². The van der Waals surface area contributed by atoms with Crippen LogP contribution in [0.25, 0.3) is 0 Å². The Morgan fingerprint density at radius 2 is 2.08 bits per heavy atom. The molecule has 0 N–H and O–H groups in total. The van der Waals surface area contributed by atoms with Crippen LogP contribution in [0.15, 0.2) is 47.3 Å². The minimum Gasteiger partial charge on any atom is -0.467 e. The second-order valence-electron chi connectivity index (χ2n) is 6.60. The van der Waals surface area contributed by atoms with Gasteiger partial charge in [-0.05, 0) is 30.7 Å². The van der Waals surface area contributed by atoms with E-state index in [9.17, 15) is 4.79 Å². The van der Waals surface area contributed by atoms with Gasteiger partial charge in [-0.1, -0.05) is 6.07 Å². The Morgan fingerprint density at radius 1 is 1.28 bits per heavy atom. The number of rotatable bonds is 6. The summed E-state index contributed by atoms with van der Waals surface area (Å²) in [6.45, 7) is 6.94. The molecule has 3 rings (SSSR count). The third-order valence-corrected chi connectivity index (χ3v) is 4.88. The minimum absolute atomic E-state index is 0.130. The molecule has 1 aliphatic rings. The average molecular weight is 342 g/mol. The Bertz CT molecular complexity index is 651. The molecule has 0 aliphatic carbocycles. The molecule has 6 nitrogen and oxygen atoms in total. The van der Waals surface area contributed by atoms with Crippen molar-refractivity contribution >= 4 is 5.91 Å². The van der Waals surface area contributed by atoms with Crippen LogP contribution in [0.4, 0.5) is 0 Å². The van der Waals surface area contributed by atoms with Crippen molar-refractivity contribution < 1.29 is 9.21 Å². The number of carbonyl (C=O) groups excluding carboxylic acids is 1. The van der Waals surface area contributed by atoms with Crippen LogP contribution in [-0.4, -0.2) is 65.4 Å². The molecule has 1 atom stereocenters. The predicted molar refractivity (Wildman–Crippen MR) is 95.8 cm³/mol. The Balaban J connectivity index is 1.45. The molecular weight excluding hydrogens is 316 g/mol. The van der Waals surface area contributed by atoms with Crippen LogP contribution in [0.5, 0.6) is 0 Å². The molecule has 2 aromatic heterocycles. The van der Waals surface area contributed by atoms with Gasteiger partial charge in [-0.2, -0.15) is 0 Å². The fraction of sp³-hybridized carbons (Fsp3) is 0.474. The Labute approximate surface area is 149 Å². The summed E-state index contributed by atoms with van der Waals surface area (Å²) in [4.78, 5) is 23.0. The van der Waals surface area contributed by atoms with Crippen LogP contribution in [0.2, 0.25) is 0 Å². The van der Waals surface area contributed by atoms with E-state index < -0.39 is 0 Å². The third-order valence-electron chi connectivity index (χ3n) is 4.88. The molecular formula is C19H26N4O2. The summed E-state index contributed by atoms with van der Waals surface area (Å²) in [5.41, 5.74) is 1.24. The zero-order valence-electron chi connectivity index (χ0n) is 15.0. The summed E-state index contributed by atoms with van der Waals surface area (Å²) in [6, 6.07) is 8.19. The third kappa shape index (κ3) is 4.67. The first-order valence-corrected chi connectivity index (χ1v) is 8.76. The number of furan rings is 1.